The van der Waals surface area contributed by atoms with Gasteiger partial charge in [0.25, 0.3) is 0 Å². The molecule has 4 heteroatoms. The molecule has 1 aliphatic carbocycles. The zero-order chi connectivity index (χ0) is 19.4. The van der Waals surface area contributed by atoms with Crippen LogP contribution in [0.5, 0.6) is 0 Å². The SMILES string of the molecule is CNC1(c2cc(C)cc(C)c2)CCCCC1NCCCc1nc(C)c(C)s1. The van der Waals surface area contributed by atoms with Gasteiger partial charge in [-0.2, -0.15) is 0 Å². The predicted octanol–water partition coefficient (Wildman–Crippen LogP) is 4.96. The van der Waals surface area contributed by atoms with Crippen LogP contribution in [0.1, 0.15) is 64.4 Å². The van der Waals surface area contributed by atoms with Crippen molar-refractivity contribution in [3.05, 3.63) is 50.5 Å². The standard InChI is InChI=1S/C23H35N3S/c1-16-13-17(2)15-20(14-16)23(24-5)11-7-6-9-21(23)25-12-8-10-22-26-18(3)19(4)27-22/h13-15,21,24-25H,6-12H2,1-5H3. The van der Waals surface area contributed by atoms with Gasteiger partial charge in [-0.15, -0.1) is 11.3 Å². The summed E-state index contributed by atoms with van der Waals surface area (Å²) in [6.07, 6.45) is 7.28. The van der Waals surface area contributed by atoms with Crippen molar-refractivity contribution in [3.63, 3.8) is 0 Å². The zero-order valence-corrected chi connectivity index (χ0v) is 18.4. The van der Waals surface area contributed by atoms with E-state index in [4.69, 9.17) is 0 Å². The maximum atomic E-state index is 4.68. The Morgan fingerprint density at radius 3 is 2.48 bits per heavy atom. The first-order chi connectivity index (χ1) is 12.9. The van der Waals surface area contributed by atoms with Crippen LogP contribution in [0.15, 0.2) is 18.2 Å². The highest BCUT2D eigenvalue weighted by Crippen LogP contribution is 2.38. The first kappa shape index (κ1) is 20.5. The van der Waals surface area contributed by atoms with E-state index in [-0.39, 0.29) is 5.54 Å². The molecule has 1 aromatic carbocycles. The van der Waals surface area contributed by atoms with Crippen LogP contribution < -0.4 is 10.6 Å². The highest BCUT2D eigenvalue weighted by atomic mass is 32.1. The summed E-state index contributed by atoms with van der Waals surface area (Å²) in [4.78, 5) is 6.04. The molecular formula is C23H35N3S. The molecule has 0 bridgehead atoms. The first-order valence-electron chi connectivity index (χ1n) is 10.4. The number of hydrogen-bond donors (Lipinski definition) is 2. The largest absolute Gasteiger partial charge is 0.312 e. The smallest absolute Gasteiger partial charge is 0.0931 e. The summed E-state index contributed by atoms with van der Waals surface area (Å²) >= 11 is 1.85. The highest BCUT2D eigenvalue weighted by Gasteiger charge is 2.40. The maximum absolute atomic E-state index is 4.68. The van der Waals surface area contributed by atoms with Crippen LogP contribution in [-0.4, -0.2) is 24.6 Å². The van der Waals surface area contributed by atoms with Gasteiger partial charge in [0.1, 0.15) is 0 Å². The number of likely N-dealkylation sites (N-methyl/N-ethyl adjacent to an activating group) is 1. The fourth-order valence-corrected chi connectivity index (χ4v) is 5.61. The highest BCUT2D eigenvalue weighted by molar-refractivity contribution is 7.11. The Hall–Kier alpha value is -1.23. The summed E-state index contributed by atoms with van der Waals surface area (Å²) in [7, 11) is 2.14. The lowest BCUT2D eigenvalue weighted by Gasteiger charge is -2.45. The van der Waals surface area contributed by atoms with E-state index in [2.05, 4.69) is 68.6 Å². The summed E-state index contributed by atoms with van der Waals surface area (Å²) in [6.45, 7) is 9.76. The molecule has 27 heavy (non-hydrogen) atoms. The molecule has 1 saturated carbocycles. The number of benzene rings is 1. The van der Waals surface area contributed by atoms with Crippen molar-refractivity contribution < 1.29 is 0 Å². The second-order valence-corrected chi connectivity index (χ2v) is 9.49. The van der Waals surface area contributed by atoms with E-state index >= 15 is 0 Å². The van der Waals surface area contributed by atoms with Gasteiger partial charge in [0.15, 0.2) is 0 Å². The third-order valence-electron chi connectivity index (χ3n) is 6.12. The van der Waals surface area contributed by atoms with E-state index in [1.54, 1.807) is 0 Å². The van der Waals surface area contributed by atoms with Crippen LogP contribution in [0, 0.1) is 27.7 Å². The quantitative estimate of drug-likeness (QED) is 0.662. The molecule has 0 aliphatic heterocycles. The van der Waals surface area contributed by atoms with E-state index < -0.39 is 0 Å². The average Bonchev–Trinajstić information content (AvgIpc) is 2.96. The Kier molecular flexibility index (Phi) is 6.72. The van der Waals surface area contributed by atoms with Crippen molar-refractivity contribution in [2.75, 3.05) is 13.6 Å². The van der Waals surface area contributed by atoms with Crippen molar-refractivity contribution in [1.29, 1.82) is 0 Å². The van der Waals surface area contributed by atoms with Crippen molar-refractivity contribution in [2.45, 2.75) is 77.8 Å². The summed E-state index contributed by atoms with van der Waals surface area (Å²) in [6, 6.07) is 7.52. The molecule has 0 saturated heterocycles. The third-order valence-corrected chi connectivity index (χ3v) is 7.26. The number of nitrogens with zero attached hydrogens (tertiary/aromatic N) is 1. The normalized spacial score (nSPS) is 22.9. The lowest BCUT2D eigenvalue weighted by Crippen LogP contribution is -2.58. The predicted molar refractivity (Wildman–Crippen MR) is 117 cm³/mol. The van der Waals surface area contributed by atoms with Gasteiger partial charge in [0, 0.05) is 17.3 Å². The number of rotatable bonds is 7. The van der Waals surface area contributed by atoms with E-state index in [1.807, 2.05) is 11.3 Å². The molecule has 148 valence electrons. The molecule has 1 heterocycles. The molecule has 0 amide bonds. The van der Waals surface area contributed by atoms with Gasteiger partial charge in [-0.1, -0.05) is 42.2 Å². The Morgan fingerprint density at radius 2 is 1.85 bits per heavy atom. The Bertz CT molecular complexity index is 727. The summed E-state index contributed by atoms with van der Waals surface area (Å²) in [5.74, 6) is 0. The average molecular weight is 386 g/mol. The fourth-order valence-electron chi connectivity index (χ4n) is 4.63. The molecule has 2 N–H and O–H groups in total. The van der Waals surface area contributed by atoms with Gasteiger partial charge in [-0.3, -0.25) is 0 Å². The van der Waals surface area contributed by atoms with Crippen molar-refractivity contribution in [3.8, 4) is 0 Å². The lowest BCUT2D eigenvalue weighted by atomic mass is 9.72. The molecule has 2 atom stereocenters. The van der Waals surface area contributed by atoms with Crippen LogP contribution in [0.2, 0.25) is 0 Å². The summed E-state index contributed by atoms with van der Waals surface area (Å²) < 4.78 is 0. The Morgan fingerprint density at radius 1 is 1.11 bits per heavy atom. The molecule has 0 spiro atoms. The lowest BCUT2D eigenvalue weighted by molar-refractivity contribution is 0.178. The van der Waals surface area contributed by atoms with Gasteiger partial charge in [0.2, 0.25) is 0 Å². The van der Waals surface area contributed by atoms with Gasteiger partial charge in [-0.25, -0.2) is 4.98 Å². The van der Waals surface area contributed by atoms with Gasteiger partial charge in [0.05, 0.1) is 16.2 Å². The van der Waals surface area contributed by atoms with Crippen molar-refractivity contribution in [1.82, 2.24) is 15.6 Å². The minimum absolute atomic E-state index is 0.0450. The molecule has 3 nitrogen and oxygen atoms in total. The van der Waals surface area contributed by atoms with Gasteiger partial charge < -0.3 is 10.6 Å². The first-order valence-corrected chi connectivity index (χ1v) is 11.2. The second kappa shape index (κ2) is 8.85. The fraction of sp³-hybridized carbons (Fsp3) is 0.609. The van der Waals surface area contributed by atoms with E-state index in [9.17, 15) is 0 Å². The zero-order valence-electron chi connectivity index (χ0n) is 17.6. The van der Waals surface area contributed by atoms with E-state index in [0.29, 0.717) is 6.04 Å². The molecule has 1 aliphatic rings. The summed E-state index contributed by atoms with van der Waals surface area (Å²) in [5, 5.41) is 8.92. The van der Waals surface area contributed by atoms with Gasteiger partial charge >= 0.3 is 0 Å². The third kappa shape index (κ3) is 4.61. The minimum Gasteiger partial charge on any atom is -0.312 e. The molecular weight excluding hydrogens is 350 g/mol. The van der Waals surface area contributed by atoms with Crippen LogP contribution in [0.4, 0.5) is 0 Å². The molecule has 3 rings (SSSR count). The number of aryl methyl sites for hydroxylation is 5. The minimum atomic E-state index is 0.0450. The van der Waals surface area contributed by atoms with Crippen molar-refractivity contribution in [2.24, 2.45) is 0 Å². The summed E-state index contributed by atoms with van der Waals surface area (Å²) in [5.41, 5.74) is 5.41. The molecule has 1 fully saturated rings. The van der Waals surface area contributed by atoms with Crippen LogP contribution >= 0.6 is 11.3 Å². The topological polar surface area (TPSA) is 37.0 Å². The Labute approximate surface area is 169 Å². The van der Waals surface area contributed by atoms with Crippen LogP contribution in [0.25, 0.3) is 0 Å². The molecule has 1 aromatic heterocycles. The van der Waals surface area contributed by atoms with Gasteiger partial charge in [-0.05, 0) is 66.1 Å². The van der Waals surface area contributed by atoms with E-state index in [0.717, 1.165) is 19.4 Å². The Balaban J connectivity index is 1.68. The number of nitrogens with one attached hydrogen (secondary N) is 2. The van der Waals surface area contributed by atoms with Crippen LogP contribution in [-0.2, 0) is 12.0 Å². The number of hydrogen-bond acceptors (Lipinski definition) is 4. The molecule has 2 aromatic rings. The molecule has 0 radical (unpaired) electrons. The van der Waals surface area contributed by atoms with Crippen molar-refractivity contribution >= 4 is 11.3 Å². The van der Waals surface area contributed by atoms with E-state index in [1.165, 1.54) is 58.0 Å². The maximum Gasteiger partial charge on any atom is 0.0931 e. The molecule has 2 unspecified atom stereocenters. The van der Waals surface area contributed by atoms with Crippen LogP contribution in [0.3, 0.4) is 0 Å². The second-order valence-electron chi connectivity index (χ2n) is 8.20. The monoisotopic (exact) mass is 385 g/mol. The number of aromatic nitrogens is 1. The number of thiazole rings is 1.